The van der Waals surface area contributed by atoms with E-state index in [2.05, 4.69) is 20.8 Å². The molecule has 1 aliphatic rings. The maximum atomic E-state index is 14.2. The molecule has 1 nitrogen and oxygen atoms in total. The summed E-state index contributed by atoms with van der Waals surface area (Å²) in [6.07, 6.45) is 5.16. The van der Waals surface area contributed by atoms with Gasteiger partial charge in [-0.3, -0.25) is 0 Å². The molecule has 0 amide bonds. The maximum absolute atomic E-state index is 14.2. The number of hydrogen-bond acceptors (Lipinski definition) is 1. The van der Waals surface area contributed by atoms with Crippen molar-refractivity contribution in [2.24, 2.45) is 17.1 Å². The average molecular weight is 277 g/mol. The molecule has 0 aliphatic heterocycles. The van der Waals surface area contributed by atoms with E-state index in [9.17, 15) is 4.39 Å². The molecule has 2 N–H and O–H groups in total. The SMILES string of the molecule is Cc1ccc(F)c(C2(N)CCCC(C(C)(C)C)CC2)c1. The third kappa shape index (κ3) is 3.22. The van der Waals surface area contributed by atoms with Crippen molar-refractivity contribution in [1.29, 1.82) is 0 Å². The molecule has 112 valence electrons. The molecule has 1 saturated carbocycles. The van der Waals surface area contributed by atoms with Gasteiger partial charge in [-0.1, -0.05) is 44.9 Å². The summed E-state index contributed by atoms with van der Waals surface area (Å²) in [6, 6.07) is 5.31. The lowest BCUT2D eigenvalue weighted by Crippen LogP contribution is -2.37. The van der Waals surface area contributed by atoms with Gasteiger partial charge in [0, 0.05) is 11.1 Å². The fourth-order valence-corrected chi connectivity index (χ4v) is 3.52. The number of aryl methyl sites for hydroxylation is 1. The normalized spacial score (nSPS) is 28.2. The molecule has 2 rings (SSSR count). The minimum Gasteiger partial charge on any atom is -0.321 e. The van der Waals surface area contributed by atoms with E-state index in [0.29, 0.717) is 16.9 Å². The summed E-state index contributed by atoms with van der Waals surface area (Å²) in [7, 11) is 0. The van der Waals surface area contributed by atoms with E-state index >= 15 is 0 Å². The van der Waals surface area contributed by atoms with Gasteiger partial charge in [-0.15, -0.1) is 0 Å². The molecule has 2 unspecified atom stereocenters. The van der Waals surface area contributed by atoms with Crippen molar-refractivity contribution in [1.82, 2.24) is 0 Å². The van der Waals surface area contributed by atoms with E-state index in [-0.39, 0.29) is 5.82 Å². The highest BCUT2D eigenvalue weighted by molar-refractivity contribution is 5.30. The molecular weight excluding hydrogens is 249 g/mol. The van der Waals surface area contributed by atoms with Gasteiger partial charge in [-0.05, 0) is 50.0 Å². The van der Waals surface area contributed by atoms with Gasteiger partial charge in [0.15, 0.2) is 0 Å². The Bertz CT molecular complexity index is 475. The zero-order chi connectivity index (χ0) is 15.0. The van der Waals surface area contributed by atoms with Crippen molar-refractivity contribution >= 4 is 0 Å². The van der Waals surface area contributed by atoms with Gasteiger partial charge in [-0.2, -0.15) is 0 Å². The highest BCUT2D eigenvalue weighted by Crippen LogP contribution is 2.42. The van der Waals surface area contributed by atoms with Crippen molar-refractivity contribution in [3.8, 4) is 0 Å². The summed E-state index contributed by atoms with van der Waals surface area (Å²) in [6.45, 7) is 8.90. The van der Waals surface area contributed by atoms with Gasteiger partial charge < -0.3 is 5.73 Å². The predicted molar refractivity (Wildman–Crippen MR) is 83.0 cm³/mol. The molecule has 0 aromatic heterocycles. The Hall–Kier alpha value is -0.890. The van der Waals surface area contributed by atoms with Crippen molar-refractivity contribution in [2.75, 3.05) is 0 Å². The van der Waals surface area contributed by atoms with E-state index in [1.807, 2.05) is 19.1 Å². The molecule has 0 radical (unpaired) electrons. The van der Waals surface area contributed by atoms with Crippen molar-refractivity contribution in [2.45, 2.75) is 65.3 Å². The summed E-state index contributed by atoms with van der Waals surface area (Å²) in [5.41, 5.74) is 8.24. The number of rotatable bonds is 1. The Morgan fingerprint density at radius 1 is 1.20 bits per heavy atom. The number of benzene rings is 1. The fourth-order valence-electron chi connectivity index (χ4n) is 3.52. The zero-order valence-electron chi connectivity index (χ0n) is 13.3. The molecule has 2 atom stereocenters. The molecule has 0 heterocycles. The highest BCUT2D eigenvalue weighted by Gasteiger charge is 2.36. The summed E-state index contributed by atoms with van der Waals surface area (Å²) < 4.78 is 14.2. The molecule has 2 heteroatoms. The zero-order valence-corrected chi connectivity index (χ0v) is 13.3. The predicted octanol–water partition coefficient (Wildman–Crippen LogP) is 4.91. The van der Waals surface area contributed by atoms with Crippen LogP contribution < -0.4 is 5.73 Å². The summed E-state index contributed by atoms with van der Waals surface area (Å²) in [4.78, 5) is 0. The van der Waals surface area contributed by atoms with Crippen LogP contribution in [-0.2, 0) is 5.54 Å². The molecular formula is C18H28FN. The van der Waals surface area contributed by atoms with Gasteiger partial charge in [-0.25, -0.2) is 4.39 Å². The molecule has 0 bridgehead atoms. The highest BCUT2D eigenvalue weighted by atomic mass is 19.1. The number of halogens is 1. The van der Waals surface area contributed by atoms with Gasteiger partial charge in [0.1, 0.15) is 5.82 Å². The number of hydrogen-bond donors (Lipinski definition) is 1. The van der Waals surface area contributed by atoms with Crippen molar-refractivity contribution < 1.29 is 4.39 Å². The number of nitrogens with two attached hydrogens (primary N) is 1. The fraction of sp³-hybridized carbons (Fsp3) is 0.667. The van der Waals surface area contributed by atoms with Crippen LogP contribution in [-0.4, -0.2) is 0 Å². The monoisotopic (exact) mass is 277 g/mol. The average Bonchev–Trinajstić information content (AvgIpc) is 2.55. The lowest BCUT2D eigenvalue weighted by Gasteiger charge is -2.32. The largest absolute Gasteiger partial charge is 0.321 e. The second kappa shape index (κ2) is 5.48. The van der Waals surface area contributed by atoms with Crippen molar-refractivity contribution in [3.63, 3.8) is 0 Å². The van der Waals surface area contributed by atoms with Crippen LogP contribution in [0.3, 0.4) is 0 Å². The van der Waals surface area contributed by atoms with Crippen LogP contribution in [0.2, 0.25) is 0 Å². The second-order valence-corrected chi connectivity index (χ2v) is 7.63. The van der Waals surface area contributed by atoms with Gasteiger partial charge >= 0.3 is 0 Å². The molecule has 1 aromatic carbocycles. The maximum Gasteiger partial charge on any atom is 0.128 e. The third-order valence-electron chi connectivity index (χ3n) is 5.00. The Labute approximate surface area is 122 Å². The minimum absolute atomic E-state index is 0.146. The van der Waals surface area contributed by atoms with Gasteiger partial charge in [0.2, 0.25) is 0 Å². The Balaban J connectivity index is 2.25. The van der Waals surface area contributed by atoms with Crippen LogP contribution >= 0.6 is 0 Å². The van der Waals surface area contributed by atoms with E-state index < -0.39 is 5.54 Å². The first-order valence-electron chi connectivity index (χ1n) is 7.78. The third-order valence-corrected chi connectivity index (χ3v) is 5.00. The Kier molecular flexibility index (Phi) is 4.24. The van der Waals surface area contributed by atoms with E-state index in [0.717, 1.165) is 31.2 Å². The molecule has 1 fully saturated rings. The first-order chi connectivity index (χ1) is 9.22. The lowest BCUT2D eigenvalue weighted by molar-refractivity contribution is 0.210. The van der Waals surface area contributed by atoms with Crippen LogP contribution in [0.25, 0.3) is 0 Å². The second-order valence-electron chi connectivity index (χ2n) is 7.63. The summed E-state index contributed by atoms with van der Waals surface area (Å²) in [5.74, 6) is 0.535. The first kappa shape index (κ1) is 15.5. The van der Waals surface area contributed by atoms with E-state index in [4.69, 9.17) is 5.73 Å². The van der Waals surface area contributed by atoms with Crippen LogP contribution in [0.5, 0.6) is 0 Å². The molecule has 0 saturated heterocycles. The van der Waals surface area contributed by atoms with Gasteiger partial charge in [0.05, 0.1) is 0 Å². The van der Waals surface area contributed by atoms with Gasteiger partial charge in [0.25, 0.3) is 0 Å². The topological polar surface area (TPSA) is 26.0 Å². The Morgan fingerprint density at radius 3 is 2.55 bits per heavy atom. The van der Waals surface area contributed by atoms with E-state index in [1.54, 1.807) is 6.07 Å². The van der Waals surface area contributed by atoms with Crippen LogP contribution in [0.15, 0.2) is 18.2 Å². The molecule has 20 heavy (non-hydrogen) atoms. The van der Waals surface area contributed by atoms with E-state index in [1.165, 1.54) is 6.42 Å². The van der Waals surface area contributed by atoms with Crippen LogP contribution in [0.4, 0.5) is 4.39 Å². The lowest BCUT2D eigenvalue weighted by atomic mass is 9.75. The first-order valence-corrected chi connectivity index (χ1v) is 7.78. The smallest absolute Gasteiger partial charge is 0.128 e. The Morgan fingerprint density at radius 2 is 1.90 bits per heavy atom. The quantitative estimate of drug-likeness (QED) is 0.725. The standard InChI is InChI=1S/C18H28FN/c1-13-7-8-16(19)15(12-13)18(20)10-5-6-14(9-11-18)17(2,3)4/h7-8,12,14H,5-6,9-11,20H2,1-4H3. The summed E-state index contributed by atoms with van der Waals surface area (Å²) >= 11 is 0. The van der Waals surface area contributed by atoms with Crippen LogP contribution in [0.1, 0.15) is 64.0 Å². The molecule has 0 spiro atoms. The molecule has 1 aliphatic carbocycles. The van der Waals surface area contributed by atoms with Crippen molar-refractivity contribution in [3.05, 3.63) is 35.1 Å². The minimum atomic E-state index is -0.490. The molecule has 1 aromatic rings. The van der Waals surface area contributed by atoms with Crippen LogP contribution in [0, 0.1) is 24.1 Å². The summed E-state index contributed by atoms with van der Waals surface area (Å²) in [5, 5.41) is 0.